The van der Waals surface area contributed by atoms with Gasteiger partial charge in [-0.05, 0) is 18.1 Å². The summed E-state index contributed by atoms with van der Waals surface area (Å²) < 4.78 is 12.9. The Hall–Kier alpha value is -1.05. The fourth-order valence-electron chi connectivity index (χ4n) is 1.01. The Balaban J connectivity index is 2.90. The van der Waals surface area contributed by atoms with E-state index in [0.29, 0.717) is 5.56 Å². The molecule has 0 aliphatic carbocycles. The van der Waals surface area contributed by atoms with Crippen LogP contribution in [-0.4, -0.2) is 5.11 Å². The zero-order valence-corrected chi connectivity index (χ0v) is 6.47. The fourth-order valence-corrected chi connectivity index (χ4v) is 1.01. The number of phenols is 1. The van der Waals surface area contributed by atoms with Gasteiger partial charge in [0.1, 0.15) is 11.6 Å². The van der Waals surface area contributed by atoms with Crippen molar-refractivity contribution in [1.29, 1.82) is 0 Å². The standard InChI is InChI=1S/C9H11FO/c1-2-3-7-4-5-8(11)6-9(7)10/h4-6,11H,2-3H2,1H3. The van der Waals surface area contributed by atoms with E-state index >= 15 is 0 Å². The molecular weight excluding hydrogens is 143 g/mol. The molecule has 11 heavy (non-hydrogen) atoms. The Labute approximate surface area is 65.5 Å². The molecule has 0 aliphatic rings. The molecule has 0 saturated carbocycles. The van der Waals surface area contributed by atoms with E-state index in [1.807, 2.05) is 6.92 Å². The zero-order chi connectivity index (χ0) is 8.27. The maximum atomic E-state index is 12.9. The normalized spacial score (nSPS) is 10.0. The molecule has 0 unspecified atom stereocenters. The average Bonchev–Trinajstić information content (AvgIpc) is 1.95. The van der Waals surface area contributed by atoms with E-state index in [4.69, 9.17) is 5.11 Å². The first-order valence-electron chi connectivity index (χ1n) is 3.71. The Morgan fingerprint density at radius 3 is 2.73 bits per heavy atom. The minimum atomic E-state index is -0.313. The van der Waals surface area contributed by atoms with Crippen molar-refractivity contribution in [3.63, 3.8) is 0 Å². The van der Waals surface area contributed by atoms with Gasteiger partial charge in [-0.3, -0.25) is 0 Å². The van der Waals surface area contributed by atoms with Crippen LogP contribution in [0.1, 0.15) is 18.9 Å². The van der Waals surface area contributed by atoms with Crippen LogP contribution in [0.4, 0.5) is 4.39 Å². The van der Waals surface area contributed by atoms with Crippen molar-refractivity contribution in [1.82, 2.24) is 0 Å². The molecule has 2 heteroatoms. The number of aryl methyl sites for hydroxylation is 1. The van der Waals surface area contributed by atoms with Crippen LogP contribution < -0.4 is 0 Å². The zero-order valence-electron chi connectivity index (χ0n) is 6.47. The second-order valence-electron chi connectivity index (χ2n) is 2.53. The Morgan fingerprint density at radius 2 is 2.18 bits per heavy atom. The van der Waals surface area contributed by atoms with Crippen molar-refractivity contribution in [2.45, 2.75) is 19.8 Å². The Bertz CT molecular complexity index is 245. The first-order valence-corrected chi connectivity index (χ1v) is 3.71. The van der Waals surface area contributed by atoms with Gasteiger partial charge >= 0.3 is 0 Å². The fraction of sp³-hybridized carbons (Fsp3) is 0.333. The lowest BCUT2D eigenvalue weighted by Gasteiger charge is -2.00. The van der Waals surface area contributed by atoms with Crippen molar-refractivity contribution >= 4 is 0 Å². The highest BCUT2D eigenvalue weighted by Crippen LogP contribution is 2.15. The molecule has 1 nitrogen and oxygen atoms in total. The summed E-state index contributed by atoms with van der Waals surface area (Å²) in [4.78, 5) is 0. The third kappa shape index (κ3) is 1.93. The topological polar surface area (TPSA) is 20.2 Å². The van der Waals surface area contributed by atoms with Gasteiger partial charge in [-0.2, -0.15) is 0 Å². The number of phenolic OH excluding ortho intramolecular Hbond substituents is 1. The first-order chi connectivity index (χ1) is 5.24. The van der Waals surface area contributed by atoms with Crippen LogP contribution in [0.15, 0.2) is 18.2 Å². The number of hydrogen-bond acceptors (Lipinski definition) is 1. The molecule has 0 atom stereocenters. The highest BCUT2D eigenvalue weighted by molar-refractivity contribution is 5.27. The lowest BCUT2D eigenvalue weighted by atomic mass is 10.1. The molecule has 0 amide bonds. The first kappa shape index (κ1) is 8.05. The summed E-state index contributed by atoms with van der Waals surface area (Å²) in [5, 5.41) is 8.87. The molecular formula is C9H11FO. The minimum Gasteiger partial charge on any atom is -0.508 e. The largest absolute Gasteiger partial charge is 0.508 e. The van der Waals surface area contributed by atoms with E-state index < -0.39 is 0 Å². The van der Waals surface area contributed by atoms with E-state index in [1.54, 1.807) is 6.07 Å². The lowest BCUT2D eigenvalue weighted by Crippen LogP contribution is -1.87. The molecule has 0 saturated heterocycles. The molecule has 1 aromatic carbocycles. The molecule has 0 fully saturated rings. The van der Waals surface area contributed by atoms with Crippen molar-refractivity contribution in [2.75, 3.05) is 0 Å². The summed E-state index contributed by atoms with van der Waals surface area (Å²) in [6.07, 6.45) is 1.65. The van der Waals surface area contributed by atoms with Crippen LogP contribution in [0.25, 0.3) is 0 Å². The maximum absolute atomic E-state index is 12.9. The quantitative estimate of drug-likeness (QED) is 0.693. The van der Waals surface area contributed by atoms with Crippen molar-refractivity contribution in [2.24, 2.45) is 0 Å². The summed E-state index contributed by atoms with van der Waals surface area (Å²) in [6, 6.07) is 4.27. The highest BCUT2D eigenvalue weighted by atomic mass is 19.1. The van der Waals surface area contributed by atoms with E-state index in [2.05, 4.69) is 0 Å². The summed E-state index contributed by atoms with van der Waals surface area (Å²) in [7, 11) is 0. The number of rotatable bonds is 2. The third-order valence-corrected chi connectivity index (χ3v) is 1.56. The highest BCUT2D eigenvalue weighted by Gasteiger charge is 2.00. The summed E-state index contributed by atoms with van der Waals surface area (Å²) in [6.45, 7) is 1.99. The number of hydrogen-bond donors (Lipinski definition) is 1. The number of aromatic hydroxyl groups is 1. The van der Waals surface area contributed by atoms with E-state index in [1.165, 1.54) is 6.07 Å². The molecule has 1 rings (SSSR count). The van der Waals surface area contributed by atoms with Crippen LogP contribution in [0.5, 0.6) is 5.75 Å². The number of halogens is 1. The predicted molar refractivity (Wildman–Crippen MR) is 42.1 cm³/mol. The van der Waals surface area contributed by atoms with E-state index in [0.717, 1.165) is 18.9 Å². The Morgan fingerprint density at radius 1 is 1.45 bits per heavy atom. The molecule has 0 aromatic heterocycles. The molecule has 1 N–H and O–H groups in total. The van der Waals surface area contributed by atoms with Crippen LogP contribution in [0, 0.1) is 5.82 Å². The molecule has 0 heterocycles. The van der Waals surface area contributed by atoms with Gasteiger partial charge in [0.05, 0.1) is 0 Å². The number of benzene rings is 1. The monoisotopic (exact) mass is 154 g/mol. The van der Waals surface area contributed by atoms with Gasteiger partial charge in [-0.1, -0.05) is 19.4 Å². The SMILES string of the molecule is CCCc1ccc(O)cc1F. The maximum Gasteiger partial charge on any atom is 0.130 e. The van der Waals surface area contributed by atoms with Crippen molar-refractivity contribution in [3.8, 4) is 5.75 Å². The molecule has 1 aromatic rings. The molecule has 60 valence electrons. The summed E-state index contributed by atoms with van der Waals surface area (Å²) in [5.74, 6) is -0.325. The van der Waals surface area contributed by atoms with Crippen LogP contribution in [0.3, 0.4) is 0 Å². The Kier molecular flexibility index (Phi) is 2.47. The minimum absolute atomic E-state index is 0.0117. The van der Waals surface area contributed by atoms with Gasteiger partial charge < -0.3 is 5.11 Å². The third-order valence-electron chi connectivity index (χ3n) is 1.56. The van der Waals surface area contributed by atoms with Gasteiger partial charge in [0.2, 0.25) is 0 Å². The smallest absolute Gasteiger partial charge is 0.130 e. The van der Waals surface area contributed by atoms with Gasteiger partial charge in [0.15, 0.2) is 0 Å². The molecule has 0 spiro atoms. The van der Waals surface area contributed by atoms with Gasteiger partial charge in [-0.15, -0.1) is 0 Å². The molecule has 0 aliphatic heterocycles. The second kappa shape index (κ2) is 3.37. The average molecular weight is 154 g/mol. The predicted octanol–water partition coefficient (Wildman–Crippen LogP) is 2.48. The van der Waals surface area contributed by atoms with E-state index in [-0.39, 0.29) is 11.6 Å². The van der Waals surface area contributed by atoms with Gasteiger partial charge in [0, 0.05) is 6.07 Å². The lowest BCUT2D eigenvalue weighted by molar-refractivity contribution is 0.467. The van der Waals surface area contributed by atoms with Crippen LogP contribution >= 0.6 is 0 Å². The molecule has 0 bridgehead atoms. The molecule has 0 radical (unpaired) electrons. The van der Waals surface area contributed by atoms with Crippen LogP contribution in [-0.2, 0) is 6.42 Å². The van der Waals surface area contributed by atoms with Crippen molar-refractivity contribution < 1.29 is 9.50 Å². The van der Waals surface area contributed by atoms with Gasteiger partial charge in [0.25, 0.3) is 0 Å². The van der Waals surface area contributed by atoms with Gasteiger partial charge in [-0.25, -0.2) is 4.39 Å². The summed E-state index contributed by atoms with van der Waals surface area (Å²) >= 11 is 0. The van der Waals surface area contributed by atoms with E-state index in [9.17, 15) is 4.39 Å². The second-order valence-corrected chi connectivity index (χ2v) is 2.53. The van der Waals surface area contributed by atoms with Crippen molar-refractivity contribution in [3.05, 3.63) is 29.6 Å². The van der Waals surface area contributed by atoms with Crippen LogP contribution in [0.2, 0.25) is 0 Å². The summed E-state index contributed by atoms with van der Waals surface area (Å²) in [5.41, 5.74) is 0.672.